The number of halogens is 1. The third-order valence-electron chi connectivity index (χ3n) is 5.15. The van der Waals surface area contributed by atoms with E-state index in [-0.39, 0.29) is 0 Å². The van der Waals surface area contributed by atoms with Crippen LogP contribution in [0, 0.1) is 11.3 Å². The number of hydrogen-bond donors (Lipinski definition) is 1. The summed E-state index contributed by atoms with van der Waals surface area (Å²) in [6.07, 6.45) is 2.50. The van der Waals surface area contributed by atoms with Gasteiger partial charge in [0, 0.05) is 10.5 Å². The molecular weight excluding hydrogens is 286 g/mol. The van der Waals surface area contributed by atoms with E-state index in [9.17, 15) is 0 Å². The van der Waals surface area contributed by atoms with Crippen LogP contribution >= 0.6 is 15.9 Å². The van der Waals surface area contributed by atoms with Gasteiger partial charge in [-0.25, -0.2) is 0 Å². The van der Waals surface area contributed by atoms with Gasteiger partial charge >= 0.3 is 0 Å². The van der Waals surface area contributed by atoms with E-state index >= 15 is 0 Å². The van der Waals surface area contributed by atoms with Crippen molar-refractivity contribution in [3.63, 3.8) is 0 Å². The van der Waals surface area contributed by atoms with Gasteiger partial charge in [-0.2, -0.15) is 0 Å². The Bertz CT molecular complexity index is 394. The Morgan fingerprint density at radius 3 is 2.17 bits per heavy atom. The maximum atomic E-state index is 3.55. The Morgan fingerprint density at radius 1 is 1.17 bits per heavy atom. The van der Waals surface area contributed by atoms with Crippen molar-refractivity contribution in [1.82, 2.24) is 5.32 Å². The Morgan fingerprint density at radius 2 is 1.72 bits per heavy atom. The second kappa shape index (κ2) is 5.34. The average Bonchev–Trinajstić information content (AvgIpc) is 2.38. The molecule has 2 heteroatoms. The predicted molar refractivity (Wildman–Crippen MR) is 81.9 cm³/mol. The zero-order valence-electron chi connectivity index (χ0n) is 11.8. The van der Waals surface area contributed by atoms with E-state index in [0.717, 1.165) is 5.92 Å². The molecular formula is C16H24BrN. The van der Waals surface area contributed by atoms with Gasteiger partial charge in [-0.1, -0.05) is 48.8 Å². The molecule has 0 saturated heterocycles. The first-order chi connectivity index (χ1) is 8.60. The molecule has 0 aliphatic heterocycles. The standard InChI is InChI=1S/C16H24BrN/c1-5-16(6-2)14(11(3)15(16)18-4)12-7-9-13(17)10-8-12/h7-11,14-15,18H,5-6H2,1-4H3. The van der Waals surface area contributed by atoms with Gasteiger partial charge in [-0.15, -0.1) is 0 Å². The summed E-state index contributed by atoms with van der Waals surface area (Å²) in [5, 5.41) is 3.55. The number of rotatable bonds is 4. The Kier molecular flexibility index (Phi) is 4.18. The lowest BCUT2D eigenvalue weighted by Crippen LogP contribution is -2.63. The first kappa shape index (κ1) is 14.1. The van der Waals surface area contributed by atoms with Crippen molar-refractivity contribution in [2.24, 2.45) is 11.3 Å². The van der Waals surface area contributed by atoms with Gasteiger partial charge < -0.3 is 5.32 Å². The lowest BCUT2D eigenvalue weighted by Gasteiger charge is -2.61. The van der Waals surface area contributed by atoms with E-state index < -0.39 is 0 Å². The van der Waals surface area contributed by atoms with Crippen molar-refractivity contribution in [1.29, 1.82) is 0 Å². The molecule has 0 heterocycles. The van der Waals surface area contributed by atoms with Crippen molar-refractivity contribution < 1.29 is 0 Å². The monoisotopic (exact) mass is 309 g/mol. The number of nitrogens with one attached hydrogen (secondary N) is 1. The Labute approximate surface area is 119 Å². The highest BCUT2D eigenvalue weighted by Crippen LogP contribution is 2.60. The molecule has 1 aliphatic carbocycles. The Balaban J connectivity index is 2.34. The molecule has 1 aromatic carbocycles. The molecule has 1 aromatic rings. The van der Waals surface area contributed by atoms with Crippen LogP contribution in [0.5, 0.6) is 0 Å². The van der Waals surface area contributed by atoms with Crippen molar-refractivity contribution in [3.05, 3.63) is 34.3 Å². The summed E-state index contributed by atoms with van der Waals surface area (Å²) in [5.74, 6) is 1.41. The zero-order valence-corrected chi connectivity index (χ0v) is 13.4. The van der Waals surface area contributed by atoms with Crippen LogP contribution in [-0.4, -0.2) is 13.1 Å². The molecule has 0 amide bonds. The molecule has 0 aromatic heterocycles. The minimum atomic E-state index is 0.433. The van der Waals surface area contributed by atoms with Crippen molar-refractivity contribution in [2.45, 2.75) is 45.6 Å². The van der Waals surface area contributed by atoms with Gasteiger partial charge in [0.1, 0.15) is 0 Å². The molecule has 1 nitrogen and oxygen atoms in total. The Hall–Kier alpha value is -0.340. The summed E-state index contributed by atoms with van der Waals surface area (Å²) >= 11 is 3.53. The zero-order chi connectivity index (χ0) is 13.3. The molecule has 2 rings (SSSR count). The fourth-order valence-corrected chi connectivity index (χ4v) is 4.56. The third kappa shape index (κ3) is 1.94. The molecule has 100 valence electrons. The van der Waals surface area contributed by atoms with E-state index in [4.69, 9.17) is 0 Å². The second-order valence-corrected chi connectivity index (χ2v) is 6.51. The summed E-state index contributed by atoms with van der Waals surface area (Å²) in [7, 11) is 2.11. The maximum absolute atomic E-state index is 3.55. The highest BCUT2D eigenvalue weighted by molar-refractivity contribution is 9.10. The molecule has 0 radical (unpaired) electrons. The van der Waals surface area contributed by atoms with Crippen molar-refractivity contribution >= 4 is 15.9 Å². The van der Waals surface area contributed by atoms with E-state index in [1.807, 2.05) is 0 Å². The van der Waals surface area contributed by atoms with Gasteiger partial charge in [-0.05, 0) is 54.8 Å². The van der Waals surface area contributed by atoms with Crippen LogP contribution in [0.2, 0.25) is 0 Å². The van der Waals surface area contributed by atoms with Gasteiger partial charge in [0.05, 0.1) is 0 Å². The normalized spacial score (nSPS) is 29.9. The van der Waals surface area contributed by atoms with E-state index in [2.05, 4.69) is 73.3 Å². The van der Waals surface area contributed by atoms with Crippen LogP contribution < -0.4 is 5.32 Å². The molecule has 1 aliphatic rings. The SMILES string of the molecule is CCC1(CC)C(NC)C(C)C1c1ccc(Br)cc1. The summed E-state index contributed by atoms with van der Waals surface area (Å²) in [5.41, 5.74) is 1.93. The fourth-order valence-electron chi connectivity index (χ4n) is 4.30. The summed E-state index contributed by atoms with van der Waals surface area (Å²) in [4.78, 5) is 0. The molecule has 18 heavy (non-hydrogen) atoms. The van der Waals surface area contributed by atoms with Crippen LogP contribution in [0.3, 0.4) is 0 Å². The number of hydrogen-bond acceptors (Lipinski definition) is 1. The van der Waals surface area contributed by atoms with Gasteiger partial charge in [0.2, 0.25) is 0 Å². The van der Waals surface area contributed by atoms with Crippen molar-refractivity contribution in [3.8, 4) is 0 Å². The summed E-state index contributed by atoms with van der Waals surface area (Å²) in [6, 6.07) is 9.57. The quantitative estimate of drug-likeness (QED) is 0.858. The first-order valence-corrected chi connectivity index (χ1v) is 7.82. The smallest absolute Gasteiger partial charge is 0.0175 e. The molecule has 1 fully saturated rings. The van der Waals surface area contributed by atoms with Crippen molar-refractivity contribution in [2.75, 3.05) is 7.05 Å². The molecule has 1 N–H and O–H groups in total. The van der Waals surface area contributed by atoms with Gasteiger partial charge in [0.15, 0.2) is 0 Å². The van der Waals surface area contributed by atoms with Crippen LogP contribution in [-0.2, 0) is 0 Å². The first-order valence-electron chi connectivity index (χ1n) is 7.03. The molecule has 0 bridgehead atoms. The topological polar surface area (TPSA) is 12.0 Å². The van der Waals surface area contributed by atoms with Crippen LogP contribution in [0.4, 0.5) is 0 Å². The van der Waals surface area contributed by atoms with Crippen LogP contribution in [0.15, 0.2) is 28.7 Å². The molecule has 0 spiro atoms. The predicted octanol–water partition coefficient (Wildman–Crippen LogP) is 4.58. The van der Waals surface area contributed by atoms with Crippen LogP contribution in [0.1, 0.15) is 45.1 Å². The summed E-state index contributed by atoms with van der Waals surface area (Å²) < 4.78 is 1.17. The third-order valence-corrected chi connectivity index (χ3v) is 5.68. The average molecular weight is 310 g/mol. The number of benzene rings is 1. The molecule has 3 unspecified atom stereocenters. The molecule has 3 atom stereocenters. The van der Waals surface area contributed by atoms with Crippen LogP contribution in [0.25, 0.3) is 0 Å². The minimum absolute atomic E-state index is 0.433. The highest BCUT2D eigenvalue weighted by Gasteiger charge is 2.57. The molecule has 1 saturated carbocycles. The largest absolute Gasteiger partial charge is 0.316 e. The minimum Gasteiger partial charge on any atom is -0.316 e. The van der Waals surface area contributed by atoms with Gasteiger partial charge in [-0.3, -0.25) is 0 Å². The fraction of sp³-hybridized carbons (Fsp3) is 0.625. The lowest BCUT2D eigenvalue weighted by atomic mass is 9.46. The lowest BCUT2D eigenvalue weighted by molar-refractivity contribution is -0.0356. The second-order valence-electron chi connectivity index (χ2n) is 5.59. The summed E-state index contributed by atoms with van der Waals surface area (Å²) in [6.45, 7) is 7.06. The van der Waals surface area contributed by atoms with E-state index in [1.54, 1.807) is 0 Å². The van der Waals surface area contributed by atoms with Gasteiger partial charge in [0.25, 0.3) is 0 Å². The van der Waals surface area contributed by atoms with E-state index in [1.165, 1.54) is 22.9 Å². The van der Waals surface area contributed by atoms with E-state index in [0.29, 0.717) is 17.4 Å². The highest BCUT2D eigenvalue weighted by atomic mass is 79.9. The maximum Gasteiger partial charge on any atom is 0.0175 e.